The lowest BCUT2D eigenvalue weighted by molar-refractivity contribution is 0.0691. The summed E-state index contributed by atoms with van der Waals surface area (Å²) in [4.78, 5) is 19.1. The number of nitrogens with zero attached hydrogens (tertiary/aromatic N) is 3. The molecule has 0 unspecified atom stereocenters. The molecule has 0 aliphatic heterocycles. The van der Waals surface area contributed by atoms with E-state index < -0.39 is 5.97 Å². The van der Waals surface area contributed by atoms with E-state index in [1.165, 1.54) is 6.20 Å². The zero-order chi connectivity index (χ0) is 13.4. The zero-order valence-electron chi connectivity index (χ0n) is 9.82. The first-order chi connectivity index (χ1) is 9.13. The number of nitrogen functional groups attached to an aromatic ring is 1. The average molecular weight is 254 g/mol. The van der Waals surface area contributed by atoms with Crippen LogP contribution < -0.4 is 5.73 Å². The van der Waals surface area contributed by atoms with Crippen LogP contribution in [0.15, 0.2) is 42.7 Å². The molecule has 6 nitrogen and oxygen atoms in total. The van der Waals surface area contributed by atoms with Gasteiger partial charge in [0.25, 0.3) is 0 Å². The van der Waals surface area contributed by atoms with Crippen molar-refractivity contribution in [1.29, 1.82) is 0 Å². The maximum absolute atomic E-state index is 10.9. The minimum atomic E-state index is -1.05. The van der Waals surface area contributed by atoms with Crippen LogP contribution in [0, 0.1) is 0 Å². The predicted molar refractivity (Wildman–Crippen MR) is 69.8 cm³/mol. The number of aromatic nitrogens is 3. The Bertz CT molecular complexity index is 779. The molecule has 0 aliphatic carbocycles. The van der Waals surface area contributed by atoms with Gasteiger partial charge in [0.1, 0.15) is 11.5 Å². The fraction of sp³-hybridized carbons (Fsp3) is 0. The van der Waals surface area contributed by atoms with E-state index >= 15 is 0 Å². The smallest absolute Gasteiger partial charge is 0.356 e. The van der Waals surface area contributed by atoms with Crippen molar-refractivity contribution in [2.24, 2.45) is 0 Å². The summed E-state index contributed by atoms with van der Waals surface area (Å²) in [6.07, 6.45) is 3.24. The maximum atomic E-state index is 10.9. The molecule has 3 heterocycles. The molecule has 6 heteroatoms. The Kier molecular flexibility index (Phi) is 2.42. The van der Waals surface area contributed by atoms with Crippen molar-refractivity contribution in [2.45, 2.75) is 0 Å². The first kappa shape index (κ1) is 11.2. The third-order valence-electron chi connectivity index (χ3n) is 2.74. The minimum absolute atomic E-state index is 0.0117. The first-order valence-electron chi connectivity index (χ1n) is 5.58. The van der Waals surface area contributed by atoms with Gasteiger partial charge in [-0.05, 0) is 24.3 Å². The topological polar surface area (TPSA) is 93.5 Å². The second-order valence-electron chi connectivity index (χ2n) is 4.06. The van der Waals surface area contributed by atoms with Crippen LogP contribution in [0.25, 0.3) is 16.9 Å². The summed E-state index contributed by atoms with van der Waals surface area (Å²) in [7, 11) is 0. The van der Waals surface area contributed by atoms with Crippen LogP contribution in [0.1, 0.15) is 10.5 Å². The molecule has 0 bridgehead atoms. The SMILES string of the molecule is Nc1cccc(-c2ccc3nc(C(=O)O)cn3c2)n1. The molecular weight excluding hydrogens is 244 g/mol. The summed E-state index contributed by atoms with van der Waals surface area (Å²) in [5, 5.41) is 8.90. The van der Waals surface area contributed by atoms with Crippen LogP contribution in [0.3, 0.4) is 0 Å². The van der Waals surface area contributed by atoms with Crippen molar-refractivity contribution >= 4 is 17.4 Å². The van der Waals surface area contributed by atoms with Gasteiger partial charge in [-0.2, -0.15) is 0 Å². The molecule has 0 radical (unpaired) electrons. The van der Waals surface area contributed by atoms with Crippen LogP contribution in [-0.2, 0) is 0 Å². The summed E-state index contributed by atoms with van der Waals surface area (Å²) in [6, 6.07) is 8.94. The number of aromatic carboxylic acids is 1. The van der Waals surface area contributed by atoms with E-state index in [2.05, 4.69) is 9.97 Å². The molecule has 19 heavy (non-hydrogen) atoms. The second-order valence-corrected chi connectivity index (χ2v) is 4.06. The van der Waals surface area contributed by atoms with Gasteiger partial charge < -0.3 is 15.2 Å². The average Bonchev–Trinajstić information content (AvgIpc) is 2.81. The molecule has 0 aliphatic rings. The standard InChI is InChI=1S/C13H10N4O2/c14-11-3-1-2-9(15-11)8-4-5-12-16-10(13(18)19)7-17(12)6-8/h1-7H,(H2,14,15)(H,18,19). The number of nitrogens with two attached hydrogens (primary N) is 1. The van der Waals surface area contributed by atoms with Gasteiger partial charge in [-0.1, -0.05) is 6.07 Å². The Morgan fingerprint density at radius 1 is 1.16 bits per heavy atom. The van der Waals surface area contributed by atoms with Crippen molar-refractivity contribution in [1.82, 2.24) is 14.4 Å². The van der Waals surface area contributed by atoms with Crippen molar-refractivity contribution in [3.05, 3.63) is 48.4 Å². The van der Waals surface area contributed by atoms with Crippen LogP contribution in [0.5, 0.6) is 0 Å². The van der Waals surface area contributed by atoms with Crippen molar-refractivity contribution in [3.63, 3.8) is 0 Å². The van der Waals surface area contributed by atoms with Gasteiger partial charge in [-0.3, -0.25) is 0 Å². The van der Waals surface area contributed by atoms with Crippen LogP contribution in [0.2, 0.25) is 0 Å². The number of anilines is 1. The molecule has 0 saturated carbocycles. The van der Waals surface area contributed by atoms with Crippen molar-refractivity contribution in [2.75, 3.05) is 5.73 Å². The summed E-state index contributed by atoms with van der Waals surface area (Å²) in [5.41, 5.74) is 7.80. The first-order valence-corrected chi connectivity index (χ1v) is 5.58. The molecule has 0 saturated heterocycles. The number of hydrogen-bond donors (Lipinski definition) is 2. The van der Waals surface area contributed by atoms with E-state index in [9.17, 15) is 4.79 Å². The van der Waals surface area contributed by atoms with Gasteiger partial charge >= 0.3 is 5.97 Å². The summed E-state index contributed by atoms with van der Waals surface area (Å²) in [5.74, 6) is -0.609. The second kappa shape index (κ2) is 4.09. The molecule has 3 N–H and O–H groups in total. The molecule has 3 rings (SSSR count). The van der Waals surface area contributed by atoms with Crippen LogP contribution in [0.4, 0.5) is 5.82 Å². The molecule has 3 aromatic heterocycles. The number of pyridine rings is 2. The Labute approximate surface area is 108 Å². The van der Waals surface area contributed by atoms with E-state index in [4.69, 9.17) is 10.8 Å². The van der Waals surface area contributed by atoms with Gasteiger partial charge in [-0.15, -0.1) is 0 Å². The highest BCUT2D eigenvalue weighted by atomic mass is 16.4. The summed E-state index contributed by atoms with van der Waals surface area (Å²) in [6.45, 7) is 0. The van der Waals surface area contributed by atoms with Crippen LogP contribution in [-0.4, -0.2) is 25.4 Å². The molecule has 0 atom stereocenters. The highest BCUT2D eigenvalue weighted by Crippen LogP contribution is 2.19. The lowest BCUT2D eigenvalue weighted by Crippen LogP contribution is -1.94. The molecule has 0 aromatic carbocycles. The Morgan fingerprint density at radius 2 is 2.00 bits per heavy atom. The van der Waals surface area contributed by atoms with E-state index in [0.717, 1.165) is 11.3 Å². The minimum Gasteiger partial charge on any atom is -0.476 e. The van der Waals surface area contributed by atoms with Crippen molar-refractivity contribution in [3.8, 4) is 11.3 Å². The van der Waals surface area contributed by atoms with Crippen LogP contribution >= 0.6 is 0 Å². The van der Waals surface area contributed by atoms with Gasteiger partial charge in [0.15, 0.2) is 5.69 Å². The molecular formula is C13H10N4O2. The van der Waals surface area contributed by atoms with Crippen molar-refractivity contribution < 1.29 is 9.90 Å². The van der Waals surface area contributed by atoms with E-state index in [-0.39, 0.29) is 5.69 Å². The maximum Gasteiger partial charge on any atom is 0.356 e. The monoisotopic (exact) mass is 254 g/mol. The lowest BCUT2D eigenvalue weighted by atomic mass is 10.2. The summed E-state index contributed by atoms with van der Waals surface area (Å²) < 4.78 is 1.66. The number of carbonyl (C=O) groups is 1. The molecule has 0 spiro atoms. The molecule has 0 amide bonds. The third-order valence-corrected chi connectivity index (χ3v) is 2.74. The number of hydrogen-bond acceptors (Lipinski definition) is 4. The third kappa shape index (κ3) is 1.99. The van der Waals surface area contributed by atoms with E-state index in [1.54, 1.807) is 22.7 Å². The number of rotatable bonds is 2. The summed E-state index contributed by atoms with van der Waals surface area (Å²) >= 11 is 0. The van der Waals surface area contributed by atoms with E-state index in [0.29, 0.717) is 11.5 Å². The van der Waals surface area contributed by atoms with Gasteiger partial charge in [-0.25, -0.2) is 14.8 Å². The quantitative estimate of drug-likeness (QED) is 0.725. The molecule has 94 valence electrons. The highest BCUT2D eigenvalue weighted by molar-refractivity contribution is 5.86. The Hall–Kier alpha value is -2.89. The Balaban J connectivity index is 2.13. The number of fused-ring (bicyclic) bond motifs is 1. The predicted octanol–water partition coefficient (Wildman–Crippen LogP) is 1.68. The number of carboxylic acid groups (broad SMARTS) is 1. The largest absolute Gasteiger partial charge is 0.476 e. The zero-order valence-corrected chi connectivity index (χ0v) is 9.82. The van der Waals surface area contributed by atoms with E-state index in [1.807, 2.05) is 18.2 Å². The Morgan fingerprint density at radius 3 is 2.74 bits per heavy atom. The molecule has 3 aromatic rings. The lowest BCUT2D eigenvalue weighted by Gasteiger charge is -2.02. The van der Waals surface area contributed by atoms with Gasteiger partial charge in [0, 0.05) is 18.0 Å². The fourth-order valence-electron chi connectivity index (χ4n) is 1.86. The number of imidazole rings is 1. The van der Waals surface area contributed by atoms with Gasteiger partial charge in [0.05, 0.1) is 5.69 Å². The normalized spacial score (nSPS) is 10.7. The van der Waals surface area contributed by atoms with Gasteiger partial charge in [0.2, 0.25) is 0 Å². The highest BCUT2D eigenvalue weighted by Gasteiger charge is 2.09. The fourth-order valence-corrected chi connectivity index (χ4v) is 1.86. The number of carboxylic acids is 1. The molecule has 0 fully saturated rings.